The van der Waals surface area contributed by atoms with Crippen LogP contribution >= 0.6 is 0 Å². The van der Waals surface area contributed by atoms with Gasteiger partial charge < -0.3 is 10.2 Å². The summed E-state index contributed by atoms with van der Waals surface area (Å²) in [6.45, 7) is 6.22. The van der Waals surface area contributed by atoms with Crippen molar-refractivity contribution < 1.29 is 4.79 Å². The van der Waals surface area contributed by atoms with Crippen LogP contribution in [0.2, 0.25) is 0 Å². The number of fused-ring (bicyclic) bond motifs is 1. The molecule has 1 aromatic rings. The van der Waals surface area contributed by atoms with Crippen molar-refractivity contribution in [2.45, 2.75) is 52.0 Å². The van der Waals surface area contributed by atoms with Crippen molar-refractivity contribution >= 4 is 11.6 Å². The summed E-state index contributed by atoms with van der Waals surface area (Å²) in [6, 6.07) is 4.80. The molecule has 3 rings (SSSR count). The molecule has 20 heavy (non-hydrogen) atoms. The molecular weight excluding hydrogens is 248 g/mol. The largest absolute Gasteiger partial charge is 0.313 e. The lowest BCUT2D eigenvalue weighted by molar-refractivity contribution is -0.119. The van der Waals surface area contributed by atoms with Gasteiger partial charge in [0.15, 0.2) is 0 Å². The fourth-order valence-electron chi connectivity index (χ4n) is 3.59. The molecule has 0 spiro atoms. The topological polar surface area (TPSA) is 32.3 Å². The molecule has 0 saturated carbocycles. The Kier molecular flexibility index (Phi) is 3.79. The number of hydrogen-bond acceptors (Lipinski definition) is 2. The average molecular weight is 272 g/mol. The molecular formula is C17H24N2O. The van der Waals surface area contributed by atoms with Crippen LogP contribution in [0.4, 0.5) is 5.69 Å². The number of carbonyl (C=O) groups is 1. The Morgan fingerprint density at radius 2 is 2.20 bits per heavy atom. The molecule has 3 nitrogen and oxygen atoms in total. The number of benzene rings is 1. The molecule has 0 radical (unpaired) electrons. The molecule has 1 unspecified atom stereocenters. The number of nitrogens with one attached hydrogen (secondary N) is 1. The summed E-state index contributed by atoms with van der Waals surface area (Å²) in [4.78, 5) is 14.7. The Labute approximate surface area is 121 Å². The Morgan fingerprint density at radius 3 is 2.95 bits per heavy atom. The summed E-state index contributed by atoms with van der Waals surface area (Å²) < 4.78 is 0. The molecule has 3 heteroatoms. The Hall–Kier alpha value is -1.35. The van der Waals surface area contributed by atoms with Crippen LogP contribution < -0.4 is 10.2 Å². The number of anilines is 1. The van der Waals surface area contributed by atoms with Gasteiger partial charge in [0.1, 0.15) is 0 Å². The van der Waals surface area contributed by atoms with Crippen molar-refractivity contribution in [3.63, 3.8) is 0 Å². The smallest absolute Gasteiger partial charge is 0.228 e. The van der Waals surface area contributed by atoms with Gasteiger partial charge in [0.2, 0.25) is 5.91 Å². The fourth-order valence-corrected chi connectivity index (χ4v) is 3.59. The highest BCUT2D eigenvalue weighted by Gasteiger charge is 2.26. The Morgan fingerprint density at radius 1 is 1.35 bits per heavy atom. The molecule has 2 aliphatic rings. The number of hydrogen-bond donors (Lipinski definition) is 1. The van der Waals surface area contributed by atoms with Gasteiger partial charge in [0.05, 0.1) is 0 Å². The van der Waals surface area contributed by atoms with Crippen LogP contribution in [0.5, 0.6) is 0 Å². The summed E-state index contributed by atoms with van der Waals surface area (Å²) in [7, 11) is 0. The van der Waals surface area contributed by atoms with Gasteiger partial charge in [0.25, 0.3) is 0 Å². The zero-order valence-electron chi connectivity index (χ0n) is 12.5. The second-order valence-corrected chi connectivity index (χ2v) is 6.23. The summed E-state index contributed by atoms with van der Waals surface area (Å²) in [6.07, 6.45) is 5.17. The zero-order valence-corrected chi connectivity index (χ0v) is 12.5. The highest BCUT2D eigenvalue weighted by atomic mass is 16.2. The monoisotopic (exact) mass is 272 g/mol. The molecule has 1 fully saturated rings. The second kappa shape index (κ2) is 5.57. The van der Waals surface area contributed by atoms with Gasteiger partial charge in [-0.15, -0.1) is 0 Å². The first kappa shape index (κ1) is 13.6. The van der Waals surface area contributed by atoms with Crippen molar-refractivity contribution in [2.75, 3.05) is 18.0 Å². The van der Waals surface area contributed by atoms with E-state index in [2.05, 4.69) is 31.3 Å². The summed E-state index contributed by atoms with van der Waals surface area (Å²) in [5.41, 5.74) is 5.11. The number of amides is 1. The molecule has 0 aliphatic carbocycles. The minimum absolute atomic E-state index is 0.287. The fraction of sp³-hybridized carbons (Fsp3) is 0.588. The second-order valence-electron chi connectivity index (χ2n) is 6.23. The van der Waals surface area contributed by atoms with Gasteiger partial charge in [-0.1, -0.05) is 6.07 Å². The van der Waals surface area contributed by atoms with Crippen LogP contribution in [0.1, 0.15) is 42.4 Å². The highest BCUT2D eigenvalue weighted by molar-refractivity contribution is 5.95. The summed E-state index contributed by atoms with van der Waals surface area (Å²) in [5, 5.41) is 3.43. The molecule has 108 valence electrons. The molecule has 1 aromatic carbocycles. The Bertz CT molecular complexity index is 518. The minimum atomic E-state index is 0.287. The normalized spacial score (nSPS) is 21.9. The predicted molar refractivity (Wildman–Crippen MR) is 82.2 cm³/mol. The van der Waals surface area contributed by atoms with E-state index in [0.717, 1.165) is 38.0 Å². The third-order valence-electron chi connectivity index (χ3n) is 4.58. The molecule has 1 saturated heterocycles. The van der Waals surface area contributed by atoms with E-state index in [1.54, 1.807) is 0 Å². The van der Waals surface area contributed by atoms with E-state index in [4.69, 9.17) is 0 Å². The van der Waals surface area contributed by atoms with E-state index in [9.17, 15) is 4.79 Å². The number of nitrogens with zero attached hydrogens (tertiary/aromatic N) is 1. The van der Waals surface area contributed by atoms with Crippen molar-refractivity contribution in [1.29, 1.82) is 0 Å². The standard InChI is InChI=1S/C17H24N2O/c1-12-9-13(2)15-6-4-8-19(16(15)10-12)17(20)11-14-5-3-7-18-14/h9-10,14,18H,3-8,11H2,1-2H3. The molecule has 0 aromatic heterocycles. The van der Waals surface area contributed by atoms with Crippen molar-refractivity contribution in [1.82, 2.24) is 5.32 Å². The first-order valence-electron chi connectivity index (χ1n) is 7.79. The van der Waals surface area contributed by atoms with Gasteiger partial charge >= 0.3 is 0 Å². The SMILES string of the molecule is Cc1cc(C)c2c(c1)N(C(=O)CC1CCCN1)CCC2. The predicted octanol–water partition coefficient (Wildman–Crippen LogP) is 2.72. The van der Waals surface area contributed by atoms with Crippen LogP contribution in [0.15, 0.2) is 12.1 Å². The van der Waals surface area contributed by atoms with Crippen LogP contribution in [0, 0.1) is 13.8 Å². The van der Waals surface area contributed by atoms with E-state index in [1.165, 1.54) is 23.1 Å². The van der Waals surface area contributed by atoms with E-state index in [1.807, 2.05) is 4.90 Å². The van der Waals surface area contributed by atoms with Crippen LogP contribution in [0.3, 0.4) is 0 Å². The third-order valence-corrected chi connectivity index (χ3v) is 4.58. The van der Waals surface area contributed by atoms with E-state index >= 15 is 0 Å². The maximum absolute atomic E-state index is 12.6. The van der Waals surface area contributed by atoms with Gasteiger partial charge in [-0.05, 0) is 68.8 Å². The van der Waals surface area contributed by atoms with Crippen LogP contribution in [-0.4, -0.2) is 25.0 Å². The summed E-state index contributed by atoms with van der Waals surface area (Å²) >= 11 is 0. The van der Waals surface area contributed by atoms with Gasteiger partial charge in [0, 0.05) is 24.7 Å². The number of rotatable bonds is 2. The Balaban J connectivity index is 1.83. The quantitative estimate of drug-likeness (QED) is 0.898. The van der Waals surface area contributed by atoms with Gasteiger partial charge in [-0.3, -0.25) is 4.79 Å². The maximum Gasteiger partial charge on any atom is 0.228 e. The van der Waals surface area contributed by atoms with E-state index in [-0.39, 0.29) is 5.91 Å². The van der Waals surface area contributed by atoms with E-state index < -0.39 is 0 Å². The first-order chi connectivity index (χ1) is 9.65. The molecule has 1 atom stereocenters. The number of carbonyl (C=O) groups excluding carboxylic acids is 1. The summed E-state index contributed by atoms with van der Waals surface area (Å²) in [5.74, 6) is 0.287. The number of aryl methyl sites for hydroxylation is 2. The van der Waals surface area contributed by atoms with Crippen molar-refractivity contribution in [3.05, 3.63) is 28.8 Å². The lowest BCUT2D eigenvalue weighted by atomic mass is 9.94. The van der Waals surface area contributed by atoms with Crippen LogP contribution in [-0.2, 0) is 11.2 Å². The molecule has 1 N–H and O–H groups in total. The average Bonchev–Trinajstić information content (AvgIpc) is 2.90. The van der Waals surface area contributed by atoms with Gasteiger partial charge in [-0.25, -0.2) is 0 Å². The maximum atomic E-state index is 12.6. The van der Waals surface area contributed by atoms with Crippen molar-refractivity contribution in [3.8, 4) is 0 Å². The molecule has 2 heterocycles. The molecule has 2 aliphatic heterocycles. The van der Waals surface area contributed by atoms with Gasteiger partial charge in [-0.2, -0.15) is 0 Å². The van der Waals surface area contributed by atoms with E-state index in [0.29, 0.717) is 12.5 Å². The first-order valence-corrected chi connectivity index (χ1v) is 7.79. The lowest BCUT2D eigenvalue weighted by Gasteiger charge is -2.32. The highest BCUT2D eigenvalue weighted by Crippen LogP contribution is 2.31. The third kappa shape index (κ3) is 2.59. The van der Waals surface area contributed by atoms with Crippen molar-refractivity contribution in [2.24, 2.45) is 0 Å². The molecule has 0 bridgehead atoms. The lowest BCUT2D eigenvalue weighted by Crippen LogP contribution is -2.39. The zero-order chi connectivity index (χ0) is 14.1. The minimum Gasteiger partial charge on any atom is -0.313 e. The van der Waals surface area contributed by atoms with Crippen LogP contribution in [0.25, 0.3) is 0 Å². The molecule has 1 amide bonds.